The summed E-state index contributed by atoms with van der Waals surface area (Å²) >= 11 is 3.33. The maximum Gasteiger partial charge on any atom is 0.317 e. The Hall–Kier alpha value is -1.53. The first-order chi connectivity index (χ1) is 10.6. The molecule has 3 rings (SSSR count). The molecule has 0 bridgehead atoms. The topological polar surface area (TPSA) is 32.3 Å². The molecule has 6 heteroatoms. The Labute approximate surface area is 137 Å². The number of fused-ring (bicyclic) bond motifs is 1. The maximum absolute atomic E-state index is 13.5. The van der Waals surface area contributed by atoms with Crippen LogP contribution in [0.5, 0.6) is 0 Å². The van der Waals surface area contributed by atoms with Crippen LogP contribution < -0.4 is 5.32 Å². The molecule has 0 radical (unpaired) electrons. The summed E-state index contributed by atoms with van der Waals surface area (Å²) in [4.78, 5) is 15.1. The van der Waals surface area contributed by atoms with Crippen LogP contribution in [-0.4, -0.2) is 23.7 Å². The van der Waals surface area contributed by atoms with Gasteiger partial charge in [0, 0.05) is 24.2 Å². The van der Waals surface area contributed by atoms with Crippen molar-refractivity contribution in [3.63, 3.8) is 0 Å². The zero-order valence-electron chi connectivity index (χ0n) is 12.2. The monoisotopic (exact) mass is 336 g/mol. The number of thiophene rings is 1. The quantitative estimate of drug-likeness (QED) is 0.908. The van der Waals surface area contributed by atoms with Crippen LogP contribution in [0.2, 0.25) is 0 Å². The molecule has 1 aromatic carbocycles. The van der Waals surface area contributed by atoms with E-state index in [4.69, 9.17) is 0 Å². The number of urea groups is 1. The highest BCUT2D eigenvalue weighted by Gasteiger charge is 2.24. The second-order valence-corrected chi connectivity index (χ2v) is 7.23. The number of halogens is 1. The Kier molecular flexibility index (Phi) is 4.69. The first kappa shape index (κ1) is 15.4. The zero-order valence-corrected chi connectivity index (χ0v) is 13.8. The normalized spacial score (nSPS) is 16.9. The third kappa shape index (κ3) is 3.44. The van der Waals surface area contributed by atoms with Crippen molar-refractivity contribution >= 4 is 29.1 Å². The summed E-state index contributed by atoms with van der Waals surface area (Å²) in [5, 5.41) is 7.06. The minimum Gasteiger partial charge on any atom is -0.331 e. The van der Waals surface area contributed by atoms with E-state index < -0.39 is 0 Å². The molecule has 1 aliphatic rings. The number of carbonyl (C=O) groups excluding carboxylic acids is 1. The van der Waals surface area contributed by atoms with E-state index >= 15 is 0 Å². The number of rotatable bonds is 3. The van der Waals surface area contributed by atoms with Gasteiger partial charge >= 0.3 is 6.03 Å². The molecule has 2 amide bonds. The molecule has 0 aliphatic carbocycles. The predicted octanol–water partition coefficient (Wildman–Crippen LogP) is 4.27. The van der Waals surface area contributed by atoms with Gasteiger partial charge < -0.3 is 10.2 Å². The SMILES string of the molecule is CN(Cc1ccsc1)C(=O)NC1CCSc2ccc(F)cc21. The molecular formula is C16H17FN2OS2. The van der Waals surface area contributed by atoms with Crippen molar-refractivity contribution in [1.29, 1.82) is 0 Å². The molecule has 0 saturated carbocycles. The van der Waals surface area contributed by atoms with Gasteiger partial charge in [0.25, 0.3) is 0 Å². The van der Waals surface area contributed by atoms with Crippen LogP contribution in [0.3, 0.4) is 0 Å². The van der Waals surface area contributed by atoms with E-state index in [2.05, 4.69) is 5.32 Å². The van der Waals surface area contributed by atoms with Gasteiger partial charge in [-0.2, -0.15) is 11.3 Å². The van der Waals surface area contributed by atoms with Crippen LogP contribution >= 0.6 is 23.1 Å². The van der Waals surface area contributed by atoms with Crippen molar-refractivity contribution in [1.82, 2.24) is 10.2 Å². The second-order valence-electron chi connectivity index (χ2n) is 5.31. The number of nitrogens with zero attached hydrogens (tertiary/aromatic N) is 1. The number of hydrogen-bond donors (Lipinski definition) is 1. The minimum atomic E-state index is -0.257. The fourth-order valence-corrected chi connectivity index (χ4v) is 4.27. The second kappa shape index (κ2) is 6.71. The third-order valence-electron chi connectivity index (χ3n) is 3.66. The molecule has 1 atom stereocenters. The Balaban J connectivity index is 1.68. The Morgan fingerprint density at radius 1 is 1.45 bits per heavy atom. The van der Waals surface area contributed by atoms with Crippen LogP contribution in [0.1, 0.15) is 23.6 Å². The number of nitrogens with one attached hydrogen (secondary N) is 1. The summed E-state index contributed by atoms with van der Waals surface area (Å²) in [6.07, 6.45) is 0.819. The summed E-state index contributed by atoms with van der Waals surface area (Å²) in [6, 6.07) is 6.56. The predicted molar refractivity (Wildman–Crippen MR) is 88.8 cm³/mol. The van der Waals surface area contributed by atoms with Crippen molar-refractivity contribution in [2.24, 2.45) is 0 Å². The molecular weight excluding hydrogens is 319 g/mol. The highest BCUT2D eigenvalue weighted by atomic mass is 32.2. The maximum atomic E-state index is 13.5. The number of carbonyl (C=O) groups is 1. The minimum absolute atomic E-state index is 0.121. The molecule has 0 spiro atoms. The highest BCUT2D eigenvalue weighted by molar-refractivity contribution is 7.99. The lowest BCUT2D eigenvalue weighted by atomic mass is 10.0. The van der Waals surface area contributed by atoms with Gasteiger partial charge in [0.05, 0.1) is 6.04 Å². The summed E-state index contributed by atoms with van der Waals surface area (Å²) in [6.45, 7) is 0.576. The largest absolute Gasteiger partial charge is 0.331 e. The smallest absolute Gasteiger partial charge is 0.317 e. The molecule has 116 valence electrons. The van der Waals surface area contributed by atoms with E-state index in [0.29, 0.717) is 6.54 Å². The van der Waals surface area contributed by atoms with Crippen LogP contribution in [0, 0.1) is 5.82 Å². The van der Waals surface area contributed by atoms with Gasteiger partial charge in [-0.15, -0.1) is 11.8 Å². The van der Waals surface area contributed by atoms with Crippen LogP contribution in [0.4, 0.5) is 9.18 Å². The van der Waals surface area contributed by atoms with E-state index in [1.165, 1.54) is 12.1 Å². The lowest BCUT2D eigenvalue weighted by molar-refractivity contribution is 0.202. The van der Waals surface area contributed by atoms with E-state index in [9.17, 15) is 9.18 Å². The van der Waals surface area contributed by atoms with Gasteiger partial charge in [-0.25, -0.2) is 9.18 Å². The van der Waals surface area contributed by atoms with Crippen LogP contribution in [-0.2, 0) is 6.54 Å². The number of amides is 2. The number of thioether (sulfide) groups is 1. The van der Waals surface area contributed by atoms with Gasteiger partial charge in [0.2, 0.25) is 0 Å². The molecule has 1 N–H and O–H groups in total. The van der Waals surface area contributed by atoms with Crippen molar-refractivity contribution in [3.8, 4) is 0 Å². The summed E-state index contributed by atoms with van der Waals surface area (Å²) in [7, 11) is 1.77. The molecule has 1 unspecified atom stereocenters. The van der Waals surface area contributed by atoms with Gasteiger partial charge in [0.1, 0.15) is 5.82 Å². The Bertz CT molecular complexity index is 660. The van der Waals surface area contributed by atoms with Crippen molar-refractivity contribution in [3.05, 3.63) is 52.0 Å². The Morgan fingerprint density at radius 2 is 2.32 bits per heavy atom. The molecule has 22 heavy (non-hydrogen) atoms. The Morgan fingerprint density at radius 3 is 3.09 bits per heavy atom. The standard InChI is InChI=1S/C16H17FN2OS2/c1-19(9-11-4-6-21-10-11)16(20)18-14-5-7-22-15-3-2-12(17)8-13(14)15/h2-4,6,8,10,14H,5,7,9H2,1H3,(H,18,20). The van der Waals surface area contributed by atoms with Crippen LogP contribution in [0.25, 0.3) is 0 Å². The molecule has 0 fully saturated rings. The van der Waals surface area contributed by atoms with Gasteiger partial charge in [0.15, 0.2) is 0 Å². The van der Waals surface area contributed by atoms with Gasteiger partial charge in [-0.1, -0.05) is 0 Å². The fraction of sp³-hybridized carbons (Fsp3) is 0.312. The first-order valence-electron chi connectivity index (χ1n) is 7.08. The molecule has 1 aromatic heterocycles. The molecule has 2 heterocycles. The highest BCUT2D eigenvalue weighted by Crippen LogP contribution is 2.36. The summed E-state index contributed by atoms with van der Waals surface area (Å²) < 4.78 is 13.5. The van der Waals surface area contributed by atoms with E-state index in [0.717, 1.165) is 28.2 Å². The third-order valence-corrected chi connectivity index (χ3v) is 5.51. The average molecular weight is 336 g/mol. The first-order valence-corrected chi connectivity index (χ1v) is 9.01. The molecule has 2 aromatic rings. The average Bonchev–Trinajstić information content (AvgIpc) is 3.00. The lowest BCUT2D eigenvalue weighted by Gasteiger charge is -2.28. The van der Waals surface area contributed by atoms with Crippen molar-refractivity contribution in [2.75, 3.05) is 12.8 Å². The van der Waals surface area contributed by atoms with Crippen LogP contribution in [0.15, 0.2) is 39.9 Å². The van der Waals surface area contributed by atoms with E-state index in [1.54, 1.807) is 41.1 Å². The van der Waals surface area contributed by atoms with E-state index in [-0.39, 0.29) is 17.9 Å². The van der Waals surface area contributed by atoms with E-state index in [1.807, 2.05) is 16.8 Å². The fourth-order valence-electron chi connectivity index (χ4n) is 2.50. The molecule has 0 saturated heterocycles. The summed E-state index contributed by atoms with van der Waals surface area (Å²) in [5.74, 6) is 0.671. The van der Waals surface area contributed by atoms with Gasteiger partial charge in [-0.3, -0.25) is 0 Å². The van der Waals surface area contributed by atoms with Crippen molar-refractivity contribution in [2.45, 2.75) is 23.9 Å². The van der Waals surface area contributed by atoms with Crippen molar-refractivity contribution < 1.29 is 9.18 Å². The summed E-state index contributed by atoms with van der Waals surface area (Å²) in [5.41, 5.74) is 2.00. The lowest BCUT2D eigenvalue weighted by Crippen LogP contribution is -2.39. The molecule has 1 aliphatic heterocycles. The number of benzene rings is 1. The zero-order chi connectivity index (χ0) is 15.5. The van der Waals surface area contributed by atoms with Gasteiger partial charge in [-0.05, 0) is 52.6 Å². The molecule has 3 nitrogen and oxygen atoms in total. The number of hydrogen-bond acceptors (Lipinski definition) is 3.